The van der Waals surface area contributed by atoms with Gasteiger partial charge in [-0.15, -0.1) is 11.3 Å². The van der Waals surface area contributed by atoms with Crippen molar-refractivity contribution in [3.05, 3.63) is 11.1 Å². The molecule has 15 nitrogen and oxygen atoms in total. The zero-order chi connectivity index (χ0) is 28.3. The first-order chi connectivity index (χ1) is 16.8. The van der Waals surface area contributed by atoms with Gasteiger partial charge < -0.3 is 25.4 Å². The number of anilines is 1. The van der Waals surface area contributed by atoms with Crippen molar-refractivity contribution in [2.45, 2.75) is 71.2 Å². The van der Waals surface area contributed by atoms with Crippen LogP contribution in [0.1, 0.15) is 53.7 Å². The van der Waals surface area contributed by atoms with Crippen molar-refractivity contribution in [3.8, 4) is 0 Å². The van der Waals surface area contributed by atoms with Crippen LogP contribution in [0.2, 0.25) is 0 Å². The summed E-state index contributed by atoms with van der Waals surface area (Å²) in [7, 11) is -4.95. The maximum absolute atomic E-state index is 13.1. The predicted octanol–water partition coefficient (Wildman–Crippen LogP) is -0.631. The number of carbonyl (C=O) groups is 4. The summed E-state index contributed by atoms with van der Waals surface area (Å²) in [5.41, 5.74) is 2.67. The molecule has 2 amide bonds. The van der Waals surface area contributed by atoms with E-state index in [2.05, 4.69) is 15.5 Å². The summed E-state index contributed by atoms with van der Waals surface area (Å²) in [6.45, 7) is 8.54. The van der Waals surface area contributed by atoms with Crippen LogP contribution in [0.15, 0.2) is 10.5 Å². The van der Waals surface area contributed by atoms with Crippen LogP contribution in [0.3, 0.4) is 0 Å². The summed E-state index contributed by atoms with van der Waals surface area (Å²) in [5.74, 6) is -3.57. The van der Waals surface area contributed by atoms with E-state index in [9.17, 15) is 32.1 Å². The number of nitrogens with zero attached hydrogens (tertiary/aromatic N) is 3. The molecule has 0 saturated carbocycles. The number of amides is 2. The maximum atomic E-state index is 13.1. The summed E-state index contributed by atoms with van der Waals surface area (Å²) < 4.78 is 42.9. The van der Waals surface area contributed by atoms with Gasteiger partial charge in [0, 0.05) is 18.7 Å². The number of esters is 2. The Balaban J connectivity index is 0.00000722. The molecule has 0 aliphatic carbocycles. The minimum absolute atomic E-state index is 0. The molecule has 1 saturated heterocycles. The van der Waals surface area contributed by atoms with Crippen molar-refractivity contribution in [1.82, 2.24) is 14.6 Å². The normalized spacial score (nSPS) is 18.1. The minimum atomic E-state index is -4.95. The number of nitrogens with two attached hydrogens (primary N) is 1. The van der Waals surface area contributed by atoms with E-state index in [4.69, 9.17) is 20.0 Å². The second kappa shape index (κ2) is 12.7. The fourth-order valence-electron chi connectivity index (χ4n) is 2.98. The van der Waals surface area contributed by atoms with E-state index in [1.54, 1.807) is 20.8 Å². The van der Waals surface area contributed by atoms with Crippen LogP contribution in [0.5, 0.6) is 0 Å². The SMILES string of the molecule is CC(=O)OCCC1C(NC(=O)/C(=N\OC(C)(C)C(=O)OC(C)(C)C)c2csc(N)n2)C(=O)N1S(=O)(=O)O.[NaH]. The average molecular weight is 588 g/mol. The van der Waals surface area contributed by atoms with E-state index in [1.807, 2.05) is 0 Å². The number of rotatable bonds is 10. The molecule has 18 heteroatoms. The molecule has 0 radical (unpaired) electrons. The van der Waals surface area contributed by atoms with Crippen molar-refractivity contribution in [3.63, 3.8) is 0 Å². The van der Waals surface area contributed by atoms with Crippen molar-refractivity contribution >= 4 is 85.8 Å². The number of oxime groups is 1. The van der Waals surface area contributed by atoms with E-state index >= 15 is 0 Å². The predicted molar refractivity (Wildman–Crippen MR) is 137 cm³/mol. The summed E-state index contributed by atoms with van der Waals surface area (Å²) in [6.07, 6.45) is -0.214. The first-order valence-corrected chi connectivity index (χ1v) is 13.1. The Morgan fingerprint density at radius 1 is 1.26 bits per heavy atom. The van der Waals surface area contributed by atoms with Gasteiger partial charge >= 0.3 is 51.8 Å². The number of ether oxygens (including phenoxy) is 2. The molecular weight excluding hydrogens is 557 g/mol. The van der Waals surface area contributed by atoms with Crippen LogP contribution in [0.4, 0.5) is 5.13 Å². The number of hydrogen-bond acceptors (Lipinski definition) is 13. The summed E-state index contributed by atoms with van der Waals surface area (Å²) in [6, 6.07) is -2.68. The molecule has 1 fully saturated rings. The molecule has 1 aromatic heterocycles. The Labute approximate surface area is 245 Å². The van der Waals surface area contributed by atoms with Gasteiger partial charge in [0.1, 0.15) is 17.3 Å². The first kappa shape index (κ1) is 33.7. The molecular formula is C20H30N5NaO10S2. The summed E-state index contributed by atoms with van der Waals surface area (Å²) in [5, 5.41) is 7.55. The Hall–Kier alpha value is -2.31. The number of nitrogens with one attached hydrogen (secondary N) is 1. The number of aromatic nitrogens is 1. The Morgan fingerprint density at radius 3 is 2.34 bits per heavy atom. The van der Waals surface area contributed by atoms with Gasteiger partial charge in [-0.3, -0.25) is 18.9 Å². The molecule has 38 heavy (non-hydrogen) atoms. The van der Waals surface area contributed by atoms with Crippen LogP contribution in [0, 0.1) is 0 Å². The summed E-state index contributed by atoms with van der Waals surface area (Å²) in [4.78, 5) is 58.4. The molecule has 0 spiro atoms. The van der Waals surface area contributed by atoms with Gasteiger partial charge in [0.25, 0.3) is 11.8 Å². The third-order valence-electron chi connectivity index (χ3n) is 4.66. The van der Waals surface area contributed by atoms with Crippen molar-refractivity contribution in [2.75, 3.05) is 12.3 Å². The van der Waals surface area contributed by atoms with Crippen molar-refractivity contribution < 1.29 is 46.5 Å². The standard InChI is InChI=1S/C20H29N5O10S2.Na.H/c1-10(26)33-8-7-12-14(16(28)25(12)37(30,31)32)23-15(27)13(11-9-36-18(21)22-11)24-35-20(5,6)17(29)34-19(2,3)4;;/h9,12,14H,7-8H2,1-6H3,(H2,21,22)(H,23,27)(H,30,31,32);;/b24-13-;;. The molecule has 2 atom stereocenters. The van der Waals surface area contributed by atoms with Gasteiger partial charge in [-0.05, 0) is 34.6 Å². The van der Waals surface area contributed by atoms with Crippen LogP contribution in [0.25, 0.3) is 0 Å². The zero-order valence-corrected chi connectivity index (χ0v) is 22.6. The monoisotopic (exact) mass is 587 g/mol. The van der Waals surface area contributed by atoms with Crippen LogP contribution < -0.4 is 11.1 Å². The second-order valence-electron chi connectivity index (χ2n) is 9.37. The van der Waals surface area contributed by atoms with E-state index in [0.717, 1.165) is 18.3 Å². The Morgan fingerprint density at radius 2 is 1.87 bits per heavy atom. The van der Waals surface area contributed by atoms with Gasteiger partial charge in [-0.1, -0.05) is 5.16 Å². The van der Waals surface area contributed by atoms with Gasteiger partial charge in [-0.25, -0.2) is 14.1 Å². The van der Waals surface area contributed by atoms with E-state index in [1.165, 1.54) is 19.2 Å². The quantitative estimate of drug-likeness (QED) is 0.0778. The van der Waals surface area contributed by atoms with Gasteiger partial charge in [0.2, 0.25) is 5.60 Å². The molecule has 1 aliphatic rings. The Kier molecular flexibility index (Phi) is 11.3. The number of carbonyl (C=O) groups excluding carboxylic acids is 4. The number of β-lactam (4-membered cyclic amide) rings is 1. The van der Waals surface area contributed by atoms with Crippen molar-refractivity contribution in [1.29, 1.82) is 0 Å². The molecule has 1 aromatic rings. The van der Waals surface area contributed by atoms with Crippen LogP contribution in [-0.4, -0.2) is 111 Å². The van der Waals surface area contributed by atoms with E-state index in [0.29, 0.717) is 0 Å². The van der Waals surface area contributed by atoms with Gasteiger partial charge in [0.05, 0.1) is 12.6 Å². The number of nitrogen functional groups attached to an aromatic ring is 1. The molecule has 208 valence electrons. The Bertz CT molecular complexity index is 1210. The summed E-state index contributed by atoms with van der Waals surface area (Å²) >= 11 is 0.978. The van der Waals surface area contributed by atoms with E-state index < -0.39 is 63.1 Å². The van der Waals surface area contributed by atoms with Crippen LogP contribution in [-0.2, 0) is 43.8 Å². The fourth-order valence-corrected chi connectivity index (χ4v) is 4.43. The first-order valence-electron chi connectivity index (χ1n) is 10.8. The number of thiazole rings is 1. The molecule has 0 bridgehead atoms. The molecule has 1 aliphatic heterocycles. The molecule has 2 unspecified atom stereocenters. The van der Waals surface area contributed by atoms with E-state index in [-0.39, 0.29) is 57.7 Å². The second-order valence-corrected chi connectivity index (χ2v) is 11.6. The van der Waals surface area contributed by atoms with Crippen LogP contribution >= 0.6 is 11.3 Å². The fraction of sp³-hybridized carbons (Fsp3) is 0.600. The molecule has 4 N–H and O–H groups in total. The van der Waals surface area contributed by atoms with Gasteiger partial charge in [-0.2, -0.15) is 8.42 Å². The molecule has 2 rings (SSSR count). The molecule has 2 heterocycles. The topological polar surface area (TPSA) is 217 Å². The average Bonchev–Trinajstić information content (AvgIpc) is 3.14. The third-order valence-corrected chi connectivity index (χ3v) is 6.28. The third kappa shape index (κ3) is 8.88. The van der Waals surface area contributed by atoms with Gasteiger partial charge in [0.15, 0.2) is 10.8 Å². The number of hydrogen-bond donors (Lipinski definition) is 3. The van der Waals surface area contributed by atoms with Crippen molar-refractivity contribution in [2.24, 2.45) is 5.16 Å². The zero-order valence-electron chi connectivity index (χ0n) is 21.0. The molecule has 0 aromatic carbocycles.